The molecule has 2 rings (SSSR count). The molecule has 1 aliphatic heterocycles. The molecular weight excluding hydrogens is 192 g/mol. The second-order valence-electron chi connectivity index (χ2n) is 3.87. The van der Waals surface area contributed by atoms with Gasteiger partial charge >= 0.3 is 0 Å². The molecule has 0 amide bonds. The van der Waals surface area contributed by atoms with Crippen molar-refractivity contribution in [1.29, 1.82) is 0 Å². The Balaban J connectivity index is 2.26. The molecule has 1 unspecified atom stereocenters. The van der Waals surface area contributed by atoms with Gasteiger partial charge in [-0.05, 0) is 5.56 Å². The van der Waals surface area contributed by atoms with Gasteiger partial charge in [0.05, 0.1) is 6.54 Å². The Labute approximate surface area is 88.6 Å². The lowest BCUT2D eigenvalue weighted by molar-refractivity contribution is 0.548. The lowest BCUT2D eigenvalue weighted by Crippen LogP contribution is -2.34. The van der Waals surface area contributed by atoms with Crippen molar-refractivity contribution in [2.45, 2.75) is 12.3 Å². The van der Waals surface area contributed by atoms with E-state index in [1.807, 2.05) is 6.07 Å². The standard InChI is InChI=1S/C11H14N2S/c1-11(7-13-10(12)14-8-11)9-5-3-2-4-6-9/h2-6H,7-8H2,1H3,(H2,12,13). The number of nitrogens with two attached hydrogens (primary N) is 1. The number of benzene rings is 1. The van der Waals surface area contributed by atoms with Crippen molar-refractivity contribution in [3.63, 3.8) is 0 Å². The molecule has 1 aromatic carbocycles. The van der Waals surface area contributed by atoms with Crippen molar-refractivity contribution < 1.29 is 0 Å². The zero-order valence-corrected chi connectivity index (χ0v) is 9.05. The summed E-state index contributed by atoms with van der Waals surface area (Å²) < 4.78 is 0. The average Bonchev–Trinajstić information content (AvgIpc) is 2.24. The minimum absolute atomic E-state index is 0.148. The molecule has 14 heavy (non-hydrogen) atoms. The number of thioether (sulfide) groups is 1. The molecule has 0 bridgehead atoms. The summed E-state index contributed by atoms with van der Waals surface area (Å²) in [7, 11) is 0. The smallest absolute Gasteiger partial charge is 0.153 e. The van der Waals surface area contributed by atoms with Crippen LogP contribution in [0.3, 0.4) is 0 Å². The largest absolute Gasteiger partial charge is 0.379 e. The van der Waals surface area contributed by atoms with E-state index >= 15 is 0 Å². The molecule has 2 N–H and O–H groups in total. The van der Waals surface area contributed by atoms with Crippen molar-refractivity contribution in [2.75, 3.05) is 12.3 Å². The molecule has 1 aliphatic rings. The summed E-state index contributed by atoms with van der Waals surface area (Å²) in [5.41, 5.74) is 7.15. The van der Waals surface area contributed by atoms with E-state index in [1.165, 1.54) is 5.56 Å². The molecule has 1 aromatic rings. The first kappa shape index (κ1) is 9.59. The van der Waals surface area contributed by atoms with E-state index in [0.717, 1.165) is 17.5 Å². The maximum atomic E-state index is 5.65. The van der Waals surface area contributed by atoms with Crippen LogP contribution < -0.4 is 5.73 Å². The van der Waals surface area contributed by atoms with E-state index in [0.29, 0.717) is 0 Å². The third-order valence-corrected chi connectivity index (χ3v) is 3.80. The van der Waals surface area contributed by atoms with E-state index < -0.39 is 0 Å². The molecule has 0 spiro atoms. The SMILES string of the molecule is CC1(c2ccccc2)CN=C(N)SC1. The molecule has 1 atom stereocenters. The molecule has 0 saturated carbocycles. The fraction of sp³-hybridized carbons (Fsp3) is 0.364. The van der Waals surface area contributed by atoms with Crippen LogP contribution in [-0.4, -0.2) is 17.5 Å². The lowest BCUT2D eigenvalue weighted by atomic mass is 9.84. The van der Waals surface area contributed by atoms with Gasteiger partial charge in [0.1, 0.15) is 0 Å². The van der Waals surface area contributed by atoms with Crippen LogP contribution >= 0.6 is 11.8 Å². The number of rotatable bonds is 1. The fourth-order valence-corrected chi connectivity index (χ4v) is 2.47. The van der Waals surface area contributed by atoms with Crippen LogP contribution in [0.4, 0.5) is 0 Å². The quantitative estimate of drug-likeness (QED) is 0.763. The van der Waals surface area contributed by atoms with Crippen molar-refractivity contribution in [1.82, 2.24) is 0 Å². The minimum Gasteiger partial charge on any atom is -0.379 e. The molecule has 74 valence electrons. The molecule has 0 aliphatic carbocycles. The molecule has 1 heterocycles. The number of aliphatic imine (C=N–C) groups is 1. The number of amidine groups is 1. The normalized spacial score (nSPS) is 27.1. The Morgan fingerprint density at radius 3 is 2.64 bits per heavy atom. The topological polar surface area (TPSA) is 38.4 Å². The number of hydrogen-bond donors (Lipinski definition) is 1. The summed E-state index contributed by atoms with van der Waals surface area (Å²) in [4.78, 5) is 4.32. The van der Waals surface area contributed by atoms with E-state index in [4.69, 9.17) is 5.73 Å². The maximum Gasteiger partial charge on any atom is 0.153 e. The van der Waals surface area contributed by atoms with Crippen LogP contribution in [-0.2, 0) is 5.41 Å². The second kappa shape index (κ2) is 3.65. The van der Waals surface area contributed by atoms with E-state index in [-0.39, 0.29) is 5.41 Å². The summed E-state index contributed by atoms with van der Waals surface area (Å²) >= 11 is 1.65. The van der Waals surface area contributed by atoms with Crippen LogP contribution in [0.2, 0.25) is 0 Å². The van der Waals surface area contributed by atoms with Gasteiger partial charge in [-0.25, -0.2) is 0 Å². The van der Waals surface area contributed by atoms with Gasteiger partial charge in [-0.1, -0.05) is 49.0 Å². The highest BCUT2D eigenvalue weighted by Crippen LogP contribution is 2.31. The summed E-state index contributed by atoms with van der Waals surface area (Å²) in [6.07, 6.45) is 0. The Morgan fingerprint density at radius 1 is 1.36 bits per heavy atom. The second-order valence-corrected chi connectivity index (χ2v) is 4.87. The zero-order chi connectivity index (χ0) is 10.0. The first-order valence-electron chi connectivity index (χ1n) is 4.69. The Kier molecular flexibility index (Phi) is 2.50. The summed E-state index contributed by atoms with van der Waals surface area (Å²) in [6.45, 7) is 3.04. The van der Waals surface area contributed by atoms with Crippen molar-refractivity contribution in [3.05, 3.63) is 35.9 Å². The third-order valence-electron chi connectivity index (χ3n) is 2.59. The van der Waals surface area contributed by atoms with E-state index in [1.54, 1.807) is 11.8 Å². The minimum atomic E-state index is 0.148. The van der Waals surface area contributed by atoms with Gasteiger partial charge in [0, 0.05) is 11.2 Å². The highest BCUT2D eigenvalue weighted by Gasteiger charge is 2.29. The van der Waals surface area contributed by atoms with Gasteiger partial charge in [0.15, 0.2) is 5.17 Å². The van der Waals surface area contributed by atoms with Crippen LogP contribution in [0.1, 0.15) is 12.5 Å². The summed E-state index contributed by atoms with van der Waals surface area (Å²) in [5.74, 6) is 1.02. The number of hydrogen-bond acceptors (Lipinski definition) is 3. The van der Waals surface area contributed by atoms with Gasteiger partial charge in [-0.15, -0.1) is 0 Å². The Hall–Kier alpha value is -0.960. The van der Waals surface area contributed by atoms with Crippen LogP contribution in [0.15, 0.2) is 35.3 Å². The summed E-state index contributed by atoms with van der Waals surface area (Å²) in [5, 5.41) is 0.721. The fourth-order valence-electron chi connectivity index (χ4n) is 1.59. The van der Waals surface area contributed by atoms with Crippen molar-refractivity contribution >= 4 is 16.9 Å². The number of nitrogens with zero attached hydrogens (tertiary/aromatic N) is 1. The van der Waals surface area contributed by atoms with Crippen LogP contribution in [0, 0.1) is 0 Å². The molecule has 3 heteroatoms. The van der Waals surface area contributed by atoms with Crippen LogP contribution in [0.25, 0.3) is 0 Å². The molecule has 0 aromatic heterocycles. The van der Waals surface area contributed by atoms with Gasteiger partial charge in [-0.2, -0.15) is 0 Å². The molecule has 0 fully saturated rings. The first-order valence-corrected chi connectivity index (χ1v) is 5.67. The lowest BCUT2D eigenvalue weighted by Gasteiger charge is -2.31. The zero-order valence-electron chi connectivity index (χ0n) is 8.23. The van der Waals surface area contributed by atoms with Crippen molar-refractivity contribution in [2.24, 2.45) is 10.7 Å². The molecule has 2 nitrogen and oxygen atoms in total. The third kappa shape index (κ3) is 1.77. The predicted molar refractivity (Wildman–Crippen MR) is 62.7 cm³/mol. The molecule has 0 saturated heterocycles. The first-order chi connectivity index (χ1) is 6.71. The van der Waals surface area contributed by atoms with Crippen molar-refractivity contribution in [3.8, 4) is 0 Å². The van der Waals surface area contributed by atoms with Gasteiger partial charge < -0.3 is 5.73 Å². The summed E-state index contributed by atoms with van der Waals surface area (Å²) in [6, 6.07) is 10.5. The van der Waals surface area contributed by atoms with Gasteiger partial charge in [0.2, 0.25) is 0 Å². The predicted octanol–water partition coefficient (Wildman–Crippen LogP) is 2.01. The van der Waals surface area contributed by atoms with E-state index in [2.05, 4.69) is 36.2 Å². The maximum absolute atomic E-state index is 5.65. The highest BCUT2D eigenvalue weighted by atomic mass is 32.2. The average molecular weight is 206 g/mol. The monoisotopic (exact) mass is 206 g/mol. The highest BCUT2D eigenvalue weighted by molar-refractivity contribution is 8.13. The Bertz CT molecular complexity index is 348. The molecule has 0 radical (unpaired) electrons. The Morgan fingerprint density at radius 2 is 2.07 bits per heavy atom. The van der Waals surface area contributed by atoms with Gasteiger partial charge in [-0.3, -0.25) is 4.99 Å². The van der Waals surface area contributed by atoms with Crippen LogP contribution in [0.5, 0.6) is 0 Å². The van der Waals surface area contributed by atoms with Gasteiger partial charge in [0.25, 0.3) is 0 Å². The molecular formula is C11H14N2S. The van der Waals surface area contributed by atoms with E-state index in [9.17, 15) is 0 Å².